The van der Waals surface area contributed by atoms with E-state index < -0.39 is 0 Å². The molecule has 4 aromatic rings. The molecule has 1 aromatic carbocycles. The summed E-state index contributed by atoms with van der Waals surface area (Å²) in [6.07, 6.45) is 10.1. The fraction of sp³-hybridized carbons (Fsp3) is 0.423. The molecule has 6 heteroatoms. The Morgan fingerprint density at radius 1 is 0.969 bits per heavy atom. The van der Waals surface area contributed by atoms with Crippen LogP contribution in [0.25, 0.3) is 27.8 Å². The summed E-state index contributed by atoms with van der Waals surface area (Å²) in [4.78, 5) is 13.9. The van der Waals surface area contributed by atoms with Crippen LogP contribution in [0.4, 0.5) is 5.82 Å². The third-order valence-electron chi connectivity index (χ3n) is 6.47. The molecular formula is C26H33N5O. The molecular weight excluding hydrogens is 398 g/mol. The Balaban J connectivity index is 1.85. The van der Waals surface area contributed by atoms with Gasteiger partial charge in [-0.15, -0.1) is 0 Å². The van der Waals surface area contributed by atoms with Gasteiger partial charge in [0.2, 0.25) is 0 Å². The zero-order chi connectivity index (χ0) is 22.8. The number of nitrogens with two attached hydrogens (primary N) is 1. The van der Waals surface area contributed by atoms with Crippen molar-refractivity contribution in [2.75, 3.05) is 5.73 Å². The predicted molar refractivity (Wildman–Crippen MR) is 132 cm³/mol. The molecule has 32 heavy (non-hydrogen) atoms. The lowest BCUT2D eigenvalue weighted by molar-refractivity contribution is 0.470. The average Bonchev–Trinajstić information content (AvgIpc) is 3.08. The van der Waals surface area contributed by atoms with Gasteiger partial charge in [0.05, 0.1) is 11.1 Å². The number of hydrogen-bond donors (Lipinski definition) is 2. The number of rotatable bonds is 8. The zero-order valence-corrected chi connectivity index (χ0v) is 19.6. The Morgan fingerprint density at radius 3 is 2.50 bits per heavy atom. The molecule has 0 amide bonds. The number of phenols is 1. The largest absolute Gasteiger partial charge is 0.508 e. The summed E-state index contributed by atoms with van der Waals surface area (Å²) in [5.41, 5.74) is 12.8. The number of aromatic nitrogens is 4. The number of fused-ring (bicyclic) bond motifs is 3. The lowest BCUT2D eigenvalue weighted by atomic mass is 10.0. The van der Waals surface area contributed by atoms with Gasteiger partial charge in [0.1, 0.15) is 23.5 Å². The molecule has 0 radical (unpaired) electrons. The summed E-state index contributed by atoms with van der Waals surface area (Å²) in [7, 11) is 0. The number of hydrogen-bond acceptors (Lipinski definition) is 5. The van der Waals surface area contributed by atoms with Crippen molar-refractivity contribution in [1.29, 1.82) is 0 Å². The van der Waals surface area contributed by atoms with Crippen LogP contribution in [-0.4, -0.2) is 24.6 Å². The van der Waals surface area contributed by atoms with E-state index in [0.717, 1.165) is 51.8 Å². The maximum atomic E-state index is 10.4. The van der Waals surface area contributed by atoms with Gasteiger partial charge in [0.25, 0.3) is 0 Å². The fourth-order valence-electron chi connectivity index (χ4n) is 4.64. The van der Waals surface area contributed by atoms with Crippen LogP contribution in [0.3, 0.4) is 0 Å². The molecule has 0 saturated carbocycles. The lowest BCUT2D eigenvalue weighted by Gasteiger charge is -2.15. The van der Waals surface area contributed by atoms with E-state index in [-0.39, 0.29) is 5.75 Å². The number of anilines is 1. The van der Waals surface area contributed by atoms with Gasteiger partial charge in [0, 0.05) is 16.6 Å². The number of aromatic hydroxyl groups is 1. The summed E-state index contributed by atoms with van der Waals surface area (Å²) in [5, 5.41) is 12.2. The summed E-state index contributed by atoms with van der Waals surface area (Å²) in [5.74, 6) is 0.699. The first-order valence-electron chi connectivity index (χ1n) is 11.6. The molecule has 6 nitrogen and oxygen atoms in total. The lowest BCUT2D eigenvalue weighted by Crippen LogP contribution is -2.04. The highest BCUT2D eigenvalue weighted by Gasteiger charge is 2.21. The van der Waals surface area contributed by atoms with Gasteiger partial charge in [-0.05, 0) is 56.9 Å². The van der Waals surface area contributed by atoms with E-state index in [1.807, 2.05) is 24.5 Å². The van der Waals surface area contributed by atoms with E-state index in [9.17, 15) is 5.11 Å². The summed E-state index contributed by atoms with van der Waals surface area (Å²) in [6.45, 7) is 8.27. The van der Waals surface area contributed by atoms with E-state index >= 15 is 0 Å². The fourth-order valence-corrected chi connectivity index (χ4v) is 4.64. The Bertz CT molecular complexity index is 1270. The summed E-state index contributed by atoms with van der Waals surface area (Å²) in [6, 6.07) is 5.86. The normalized spacial score (nSPS) is 11.6. The maximum absolute atomic E-state index is 10.4. The van der Waals surface area contributed by atoms with E-state index in [4.69, 9.17) is 10.7 Å². The van der Waals surface area contributed by atoms with E-state index in [0.29, 0.717) is 11.5 Å². The Morgan fingerprint density at radius 2 is 1.72 bits per heavy atom. The van der Waals surface area contributed by atoms with Gasteiger partial charge in [-0.25, -0.2) is 15.0 Å². The second-order valence-corrected chi connectivity index (χ2v) is 8.79. The molecule has 0 bridgehead atoms. The molecule has 0 fully saturated rings. The van der Waals surface area contributed by atoms with Crippen LogP contribution in [-0.2, 0) is 6.42 Å². The van der Waals surface area contributed by atoms with Gasteiger partial charge in [-0.3, -0.25) is 4.57 Å². The number of phenolic OH excluding ortho intramolecular Hbond substituents is 1. The third kappa shape index (κ3) is 3.90. The number of benzene rings is 1. The third-order valence-corrected chi connectivity index (χ3v) is 6.47. The van der Waals surface area contributed by atoms with E-state index in [1.165, 1.54) is 44.0 Å². The van der Waals surface area contributed by atoms with Crippen molar-refractivity contribution in [2.24, 2.45) is 0 Å². The topological polar surface area (TPSA) is 89.8 Å². The van der Waals surface area contributed by atoms with Crippen LogP contribution in [0.15, 0.2) is 24.5 Å². The molecule has 0 spiro atoms. The highest BCUT2D eigenvalue weighted by Crippen LogP contribution is 2.37. The SMILES string of the molecule is CCCCCCCCc1cc2c3c(N)ncnc3n(-c3c(C)ccc(O)c3C)c2nc1C. The minimum Gasteiger partial charge on any atom is -0.508 e. The van der Waals surface area contributed by atoms with Crippen LogP contribution in [0.5, 0.6) is 5.75 Å². The van der Waals surface area contributed by atoms with Gasteiger partial charge < -0.3 is 10.8 Å². The van der Waals surface area contributed by atoms with Crippen molar-refractivity contribution >= 4 is 27.9 Å². The molecule has 168 valence electrons. The number of nitrogen functional groups attached to an aromatic ring is 1. The van der Waals surface area contributed by atoms with Crippen LogP contribution in [0, 0.1) is 20.8 Å². The molecule has 0 aliphatic rings. The molecule has 3 aromatic heterocycles. The highest BCUT2D eigenvalue weighted by molar-refractivity contribution is 6.11. The summed E-state index contributed by atoms with van der Waals surface area (Å²) >= 11 is 0. The first-order valence-corrected chi connectivity index (χ1v) is 11.6. The minimum absolute atomic E-state index is 0.249. The second kappa shape index (κ2) is 9.15. The van der Waals surface area contributed by atoms with Crippen molar-refractivity contribution in [3.63, 3.8) is 0 Å². The van der Waals surface area contributed by atoms with Crippen molar-refractivity contribution in [2.45, 2.75) is 72.6 Å². The van der Waals surface area contributed by atoms with Crippen molar-refractivity contribution in [3.8, 4) is 11.4 Å². The summed E-state index contributed by atoms with van der Waals surface area (Å²) < 4.78 is 2.02. The number of aryl methyl sites for hydroxylation is 3. The van der Waals surface area contributed by atoms with Crippen LogP contribution in [0.1, 0.15) is 67.8 Å². The second-order valence-electron chi connectivity index (χ2n) is 8.79. The predicted octanol–water partition coefficient (Wildman–Crippen LogP) is 6.08. The first kappa shape index (κ1) is 22.1. The number of unbranched alkanes of at least 4 members (excludes halogenated alkanes) is 5. The molecule has 0 saturated heterocycles. The monoisotopic (exact) mass is 431 g/mol. The Labute approximate surface area is 189 Å². The molecule has 0 aliphatic heterocycles. The number of nitrogens with zero attached hydrogens (tertiary/aromatic N) is 4. The Hall–Kier alpha value is -3.15. The zero-order valence-electron chi connectivity index (χ0n) is 19.6. The first-order chi connectivity index (χ1) is 15.4. The van der Waals surface area contributed by atoms with Crippen molar-refractivity contribution in [1.82, 2.24) is 19.5 Å². The smallest absolute Gasteiger partial charge is 0.152 e. The van der Waals surface area contributed by atoms with Gasteiger partial charge in [-0.1, -0.05) is 45.1 Å². The van der Waals surface area contributed by atoms with Crippen LogP contribution >= 0.6 is 0 Å². The van der Waals surface area contributed by atoms with Gasteiger partial charge in [0.15, 0.2) is 5.65 Å². The highest BCUT2D eigenvalue weighted by atomic mass is 16.3. The van der Waals surface area contributed by atoms with E-state index in [1.54, 1.807) is 6.07 Å². The molecule has 0 unspecified atom stereocenters. The molecule has 4 rings (SSSR count). The van der Waals surface area contributed by atoms with Crippen molar-refractivity contribution in [3.05, 3.63) is 46.9 Å². The molecule has 0 aliphatic carbocycles. The maximum Gasteiger partial charge on any atom is 0.152 e. The van der Waals surface area contributed by atoms with Crippen LogP contribution < -0.4 is 5.73 Å². The molecule has 0 atom stereocenters. The quantitative estimate of drug-likeness (QED) is 0.330. The minimum atomic E-state index is 0.249. The molecule has 3 N–H and O–H groups in total. The average molecular weight is 432 g/mol. The van der Waals surface area contributed by atoms with Gasteiger partial charge >= 0.3 is 0 Å². The van der Waals surface area contributed by atoms with Crippen molar-refractivity contribution < 1.29 is 5.11 Å². The van der Waals surface area contributed by atoms with Gasteiger partial charge in [-0.2, -0.15) is 0 Å². The Kier molecular flexibility index (Phi) is 6.31. The van der Waals surface area contributed by atoms with E-state index in [2.05, 4.69) is 29.9 Å². The number of pyridine rings is 1. The standard InChI is InChI=1S/C26H33N5O/c1-5-6-7-8-9-10-11-19-14-20-22-24(27)28-15-29-26(22)31(25(20)30-18(19)4)23-16(2)12-13-21(32)17(23)3/h12-15,32H,5-11H2,1-4H3,(H2,27,28,29). The van der Waals surface area contributed by atoms with Crippen LogP contribution in [0.2, 0.25) is 0 Å². The molecule has 3 heterocycles.